The Bertz CT molecular complexity index is 597. The van der Waals surface area contributed by atoms with Crippen molar-refractivity contribution in [2.45, 2.75) is 46.2 Å². The largest absolute Gasteiger partial charge is 0.355 e. The summed E-state index contributed by atoms with van der Waals surface area (Å²) in [5, 5.41) is 9.70. The van der Waals surface area contributed by atoms with Crippen LogP contribution < -0.4 is 16.0 Å². The first-order valence-electron chi connectivity index (χ1n) is 9.61. The predicted molar refractivity (Wildman–Crippen MR) is 108 cm³/mol. The highest BCUT2D eigenvalue weighted by Crippen LogP contribution is 2.15. The molecule has 1 aromatic rings. The molecule has 1 amide bonds. The van der Waals surface area contributed by atoms with Crippen LogP contribution in [0.3, 0.4) is 0 Å². The summed E-state index contributed by atoms with van der Waals surface area (Å²) in [6.45, 7) is 9.92. The Labute approximate surface area is 157 Å². The van der Waals surface area contributed by atoms with Crippen LogP contribution >= 0.6 is 0 Å². The molecule has 0 saturated carbocycles. The molecule has 1 heterocycles. The number of nitrogens with zero attached hydrogens (tertiary/aromatic N) is 2. The lowest BCUT2D eigenvalue weighted by Crippen LogP contribution is -2.44. The minimum atomic E-state index is -0.0192. The predicted octanol–water partition coefficient (Wildman–Crippen LogP) is 2.43. The Hall–Kier alpha value is -2.08. The number of likely N-dealkylation sites (tertiary alicyclic amines) is 1. The summed E-state index contributed by atoms with van der Waals surface area (Å²) in [5.41, 5.74) is 1.97. The van der Waals surface area contributed by atoms with Crippen molar-refractivity contribution in [3.63, 3.8) is 0 Å². The lowest BCUT2D eigenvalue weighted by molar-refractivity contribution is -0.118. The van der Waals surface area contributed by atoms with Gasteiger partial charge in [0.1, 0.15) is 0 Å². The van der Waals surface area contributed by atoms with Crippen LogP contribution in [0.4, 0.5) is 5.69 Å². The van der Waals surface area contributed by atoms with E-state index in [-0.39, 0.29) is 11.8 Å². The molecule has 1 fully saturated rings. The van der Waals surface area contributed by atoms with Crippen LogP contribution in [0, 0.1) is 5.92 Å². The van der Waals surface area contributed by atoms with E-state index in [2.05, 4.69) is 32.8 Å². The van der Waals surface area contributed by atoms with E-state index in [4.69, 9.17) is 0 Å². The molecule has 2 rings (SSSR count). The first-order valence-corrected chi connectivity index (χ1v) is 9.61. The molecule has 144 valence electrons. The number of rotatable bonds is 7. The van der Waals surface area contributed by atoms with E-state index in [1.165, 1.54) is 19.4 Å². The van der Waals surface area contributed by atoms with E-state index in [1.54, 1.807) is 7.05 Å². The standard InChI is InChI=1S/C20H33N5O/c1-5-25-12-6-7-18(25)14-23-20(21-4)22-13-16-8-10-17(11-9-16)24-19(26)15(2)3/h8-11,15,18H,5-7,12-14H2,1-4H3,(H,24,26)(H2,21,22,23). The number of anilines is 1. The van der Waals surface area contributed by atoms with Crippen LogP contribution in [0.1, 0.15) is 39.2 Å². The fourth-order valence-corrected chi connectivity index (χ4v) is 3.16. The van der Waals surface area contributed by atoms with Crippen LogP contribution in [-0.2, 0) is 11.3 Å². The Morgan fingerprint density at radius 2 is 2.00 bits per heavy atom. The van der Waals surface area contributed by atoms with Gasteiger partial charge in [0.25, 0.3) is 0 Å². The third kappa shape index (κ3) is 6.02. The Morgan fingerprint density at radius 3 is 2.62 bits per heavy atom. The van der Waals surface area contributed by atoms with Gasteiger partial charge in [-0.1, -0.05) is 32.9 Å². The molecule has 3 N–H and O–H groups in total. The average Bonchev–Trinajstić information content (AvgIpc) is 3.10. The van der Waals surface area contributed by atoms with Crippen molar-refractivity contribution < 1.29 is 4.79 Å². The molecule has 26 heavy (non-hydrogen) atoms. The van der Waals surface area contributed by atoms with Crippen LogP contribution in [-0.4, -0.2) is 49.5 Å². The number of carbonyl (C=O) groups is 1. The first-order chi connectivity index (χ1) is 12.5. The molecule has 1 atom stereocenters. The maximum Gasteiger partial charge on any atom is 0.226 e. The van der Waals surface area contributed by atoms with Gasteiger partial charge in [-0.05, 0) is 43.6 Å². The van der Waals surface area contributed by atoms with Crippen molar-refractivity contribution in [3.05, 3.63) is 29.8 Å². The molecular weight excluding hydrogens is 326 g/mol. The summed E-state index contributed by atoms with van der Waals surface area (Å²) in [7, 11) is 1.80. The zero-order valence-electron chi connectivity index (χ0n) is 16.5. The molecular formula is C20H33N5O. The summed E-state index contributed by atoms with van der Waals surface area (Å²) in [4.78, 5) is 18.6. The quantitative estimate of drug-likeness (QED) is 0.517. The van der Waals surface area contributed by atoms with Gasteiger partial charge in [0.2, 0.25) is 5.91 Å². The van der Waals surface area contributed by atoms with E-state index in [9.17, 15) is 4.79 Å². The topological polar surface area (TPSA) is 68.8 Å². The molecule has 6 heteroatoms. The van der Waals surface area contributed by atoms with Crippen molar-refractivity contribution >= 4 is 17.6 Å². The number of nitrogens with one attached hydrogen (secondary N) is 3. The van der Waals surface area contributed by atoms with Crippen molar-refractivity contribution in [2.24, 2.45) is 10.9 Å². The molecule has 6 nitrogen and oxygen atoms in total. The molecule has 0 bridgehead atoms. The molecule has 0 spiro atoms. The Kier molecular flexibility index (Phi) is 7.91. The van der Waals surface area contributed by atoms with Crippen LogP contribution in [0.15, 0.2) is 29.3 Å². The highest BCUT2D eigenvalue weighted by Gasteiger charge is 2.22. The molecule has 1 aromatic carbocycles. The summed E-state index contributed by atoms with van der Waals surface area (Å²) in [5.74, 6) is 0.841. The highest BCUT2D eigenvalue weighted by molar-refractivity contribution is 5.92. The normalized spacial score (nSPS) is 18.2. The molecule has 0 radical (unpaired) electrons. The second-order valence-corrected chi connectivity index (χ2v) is 7.07. The molecule has 1 unspecified atom stereocenters. The number of carbonyl (C=O) groups excluding carboxylic acids is 1. The molecule has 1 saturated heterocycles. The zero-order chi connectivity index (χ0) is 18.9. The van der Waals surface area contributed by atoms with E-state index < -0.39 is 0 Å². The highest BCUT2D eigenvalue weighted by atomic mass is 16.1. The van der Waals surface area contributed by atoms with Gasteiger partial charge in [-0.25, -0.2) is 0 Å². The van der Waals surface area contributed by atoms with E-state index in [1.807, 2.05) is 38.1 Å². The monoisotopic (exact) mass is 359 g/mol. The second kappa shape index (κ2) is 10.2. The van der Waals surface area contributed by atoms with Gasteiger partial charge in [-0.3, -0.25) is 14.7 Å². The van der Waals surface area contributed by atoms with Gasteiger partial charge in [-0.2, -0.15) is 0 Å². The summed E-state index contributed by atoms with van der Waals surface area (Å²) >= 11 is 0. The first kappa shape index (κ1) is 20.2. The van der Waals surface area contributed by atoms with Crippen molar-refractivity contribution in [1.29, 1.82) is 0 Å². The summed E-state index contributed by atoms with van der Waals surface area (Å²) in [6, 6.07) is 8.51. The number of benzene rings is 1. The SMILES string of the molecule is CCN1CCCC1CNC(=NC)NCc1ccc(NC(=O)C(C)C)cc1. The third-order valence-corrected chi connectivity index (χ3v) is 4.84. The zero-order valence-corrected chi connectivity index (χ0v) is 16.5. The van der Waals surface area contributed by atoms with Gasteiger partial charge in [0.15, 0.2) is 5.96 Å². The lowest BCUT2D eigenvalue weighted by atomic mass is 10.1. The smallest absolute Gasteiger partial charge is 0.226 e. The van der Waals surface area contributed by atoms with Crippen molar-refractivity contribution in [3.8, 4) is 0 Å². The number of hydrogen-bond acceptors (Lipinski definition) is 3. The third-order valence-electron chi connectivity index (χ3n) is 4.84. The van der Waals surface area contributed by atoms with Gasteiger partial charge >= 0.3 is 0 Å². The van der Waals surface area contributed by atoms with Crippen LogP contribution in [0.2, 0.25) is 0 Å². The molecule has 0 aliphatic carbocycles. The summed E-state index contributed by atoms with van der Waals surface area (Å²) in [6.07, 6.45) is 2.54. The van der Waals surface area contributed by atoms with Crippen LogP contribution in [0.5, 0.6) is 0 Å². The number of guanidine groups is 1. The van der Waals surface area contributed by atoms with Gasteiger partial charge in [0, 0.05) is 37.8 Å². The maximum absolute atomic E-state index is 11.7. The van der Waals surface area contributed by atoms with E-state index in [0.29, 0.717) is 12.6 Å². The van der Waals surface area contributed by atoms with Crippen molar-refractivity contribution in [2.75, 3.05) is 32.0 Å². The minimum absolute atomic E-state index is 0.0192. The molecule has 1 aliphatic rings. The average molecular weight is 360 g/mol. The van der Waals surface area contributed by atoms with Gasteiger partial charge in [0.05, 0.1) is 0 Å². The van der Waals surface area contributed by atoms with Crippen molar-refractivity contribution in [1.82, 2.24) is 15.5 Å². The summed E-state index contributed by atoms with van der Waals surface area (Å²) < 4.78 is 0. The second-order valence-electron chi connectivity index (χ2n) is 7.07. The molecule has 0 aromatic heterocycles. The van der Waals surface area contributed by atoms with Crippen LogP contribution in [0.25, 0.3) is 0 Å². The number of aliphatic imine (C=N–C) groups is 1. The fourth-order valence-electron chi connectivity index (χ4n) is 3.16. The van der Waals surface area contributed by atoms with E-state index >= 15 is 0 Å². The minimum Gasteiger partial charge on any atom is -0.355 e. The van der Waals surface area contributed by atoms with Gasteiger partial charge in [-0.15, -0.1) is 0 Å². The van der Waals surface area contributed by atoms with Gasteiger partial charge < -0.3 is 16.0 Å². The number of amides is 1. The maximum atomic E-state index is 11.7. The molecule has 1 aliphatic heterocycles. The fraction of sp³-hybridized carbons (Fsp3) is 0.600. The van der Waals surface area contributed by atoms with E-state index in [0.717, 1.165) is 30.3 Å². The Morgan fingerprint density at radius 1 is 1.27 bits per heavy atom. The number of hydrogen-bond donors (Lipinski definition) is 3. The lowest BCUT2D eigenvalue weighted by Gasteiger charge is -2.24. The Balaban J connectivity index is 1.78. The number of likely N-dealkylation sites (N-methyl/N-ethyl adjacent to an activating group) is 1.